The number of anilines is 1. The summed E-state index contributed by atoms with van der Waals surface area (Å²) >= 11 is 0. The van der Waals surface area contributed by atoms with Crippen LogP contribution in [-0.2, 0) is 0 Å². The first kappa shape index (κ1) is 16.4. The number of nitrogens with zero attached hydrogens (tertiary/aromatic N) is 2. The van der Waals surface area contributed by atoms with Gasteiger partial charge in [-0.05, 0) is 39.1 Å². The zero-order valence-electron chi connectivity index (χ0n) is 12.9. The van der Waals surface area contributed by atoms with Gasteiger partial charge in [0.25, 0.3) is 5.91 Å². The molecule has 1 aromatic heterocycles. The molecule has 112 valence electrons. The smallest absolute Gasteiger partial charge is 0.252 e. The van der Waals surface area contributed by atoms with Gasteiger partial charge in [0.15, 0.2) is 0 Å². The average molecular weight is 278 g/mol. The van der Waals surface area contributed by atoms with Crippen molar-refractivity contribution in [3.63, 3.8) is 0 Å². The summed E-state index contributed by atoms with van der Waals surface area (Å²) in [7, 11) is 0. The lowest BCUT2D eigenvalue weighted by Gasteiger charge is -2.17. The molecule has 1 aromatic rings. The van der Waals surface area contributed by atoms with Crippen LogP contribution in [0.3, 0.4) is 0 Å². The second-order valence-electron chi connectivity index (χ2n) is 5.01. The predicted molar refractivity (Wildman–Crippen MR) is 83.1 cm³/mol. The third kappa shape index (κ3) is 5.57. The van der Waals surface area contributed by atoms with Crippen LogP contribution in [-0.4, -0.2) is 48.0 Å². The van der Waals surface area contributed by atoms with E-state index in [-0.39, 0.29) is 5.91 Å². The van der Waals surface area contributed by atoms with Crippen LogP contribution in [0, 0.1) is 0 Å². The SMILES string of the molecule is CCN(CC)CCNC(=O)c1ccc(NC(C)C)nc1. The molecule has 0 unspecified atom stereocenters. The molecule has 0 radical (unpaired) electrons. The highest BCUT2D eigenvalue weighted by molar-refractivity contribution is 5.94. The summed E-state index contributed by atoms with van der Waals surface area (Å²) in [6.07, 6.45) is 1.61. The molecule has 0 aliphatic carbocycles. The molecule has 1 amide bonds. The number of likely N-dealkylation sites (N-methyl/N-ethyl adjacent to an activating group) is 1. The van der Waals surface area contributed by atoms with Crippen molar-refractivity contribution in [2.75, 3.05) is 31.5 Å². The van der Waals surface area contributed by atoms with Crippen molar-refractivity contribution < 1.29 is 4.79 Å². The quantitative estimate of drug-likeness (QED) is 0.763. The van der Waals surface area contributed by atoms with E-state index in [1.54, 1.807) is 12.3 Å². The summed E-state index contributed by atoms with van der Waals surface area (Å²) in [6, 6.07) is 3.96. The van der Waals surface area contributed by atoms with Gasteiger partial charge in [-0.2, -0.15) is 0 Å². The molecule has 20 heavy (non-hydrogen) atoms. The lowest BCUT2D eigenvalue weighted by atomic mass is 10.2. The minimum atomic E-state index is -0.0687. The number of hydrogen-bond donors (Lipinski definition) is 2. The second kappa shape index (κ2) is 8.53. The van der Waals surface area contributed by atoms with Crippen LogP contribution in [0.25, 0.3) is 0 Å². The van der Waals surface area contributed by atoms with Crippen molar-refractivity contribution in [2.45, 2.75) is 33.7 Å². The first-order chi connectivity index (χ1) is 9.56. The van der Waals surface area contributed by atoms with E-state index in [4.69, 9.17) is 0 Å². The van der Waals surface area contributed by atoms with Crippen molar-refractivity contribution in [3.8, 4) is 0 Å². The Labute approximate surface area is 121 Å². The number of carbonyl (C=O) groups excluding carboxylic acids is 1. The van der Waals surface area contributed by atoms with E-state index in [1.165, 1.54) is 0 Å². The minimum absolute atomic E-state index is 0.0687. The zero-order valence-corrected chi connectivity index (χ0v) is 12.9. The Balaban J connectivity index is 2.43. The monoisotopic (exact) mass is 278 g/mol. The van der Waals surface area contributed by atoms with Gasteiger partial charge in [-0.3, -0.25) is 4.79 Å². The fourth-order valence-electron chi connectivity index (χ4n) is 1.88. The maximum atomic E-state index is 11.9. The molecular formula is C15H26N4O. The van der Waals surface area contributed by atoms with Gasteiger partial charge in [0.05, 0.1) is 5.56 Å². The molecule has 5 heteroatoms. The summed E-state index contributed by atoms with van der Waals surface area (Å²) in [5.41, 5.74) is 0.596. The number of nitrogens with one attached hydrogen (secondary N) is 2. The Morgan fingerprint density at radius 2 is 2.00 bits per heavy atom. The van der Waals surface area contributed by atoms with Gasteiger partial charge in [0.1, 0.15) is 5.82 Å². The third-order valence-corrected chi connectivity index (χ3v) is 3.07. The van der Waals surface area contributed by atoms with Crippen LogP contribution in [0.2, 0.25) is 0 Å². The van der Waals surface area contributed by atoms with Gasteiger partial charge >= 0.3 is 0 Å². The molecule has 2 N–H and O–H groups in total. The topological polar surface area (TPSA) is 57.3 Å². The van der Waals surface area contributed by atoms with E-state index in [0.29, 0.717) is 18.2 Å². The van der Waals surface area contributed by atoms with Crippen LogP contribution in [0.1, 0.15) is 38.1 Å². The van der Waals surface area contributed by atoms with Crippen molar-refractivity contribution >= 4 is 11.7 Å². The number of amides is 1. The van der Waals surface area contributed by atoms with Crippen LogP contribution < -0.4 is 10.6 Å². The van der Waals surface area contributed by atoms with Crippen molar-refractivity contribution in [2.24, 2.45) is 0 Å². The molecule has 0 spiro atoms. The Morgan fingerprint density at radius 3 is 2.50 bits per heavy atom. The first-order valence-corrected chi connectivity index (χ1v) is 7.30. The second-order valence-corrected chi connectivity index (χ2v) is 5.01. The number of hydrogen-bond acceptors (Lipinski definition) is 4. The maximum absolute atomic E-state index is 11.9. The van der Waals surface area contributed by atoms with Crippen molar-refractivity contribution in [1.82, 2.24) is 15.2 Å². The van der Waals surface area contributed by atoms with E-state index in [0.717, 1.165) is 25.5 Å². The van der Waals surface area contributed by atoms with Gasteiger partial charge < -0.3 is 15.5 Å². The van der Waals surface area contributed by atoms with Gasteiger partial charge in [-0.1, -0.05) is 13.8 Å². The molecule has 0 fully saturated rings. The van der Waals surface area contributed by atoms with E-state index in [1.807, 2.05) is 6.07 Å². The lowest BCUT2D eigenvalue weighted by Crippen LogP contribution is -2.34. The molecule has 0 aromatic carbocycles. The molecule has 0 aliphatic rings. The molecular weight excluding hydrogens is 252 g/mol. The average Bonchev–Trinajstić information content (AvgIpc) is 2.43. The Bertz CT molecular complexity index is 399. The molecule has 0 aliphatic heterocycles. The molecule has 1 heterocycles. The highest BCUT2D eigenvalue weighted by Crippen LogP contribution is 2.06. The summed E-state index contributed by atoms with van der Waals surface area (Å²) in [5.74, 6) is 0.723. The van der Waals surface area contributed by atoms with E-state index < -0.39 is 0 Å². The number of carbonyl (C=O) groups is 1. The summed E-state index contributed by atoms with van der Waals surface area (Å²) < 4.78 is 0. The fraction of sp³-hybridized carbons (Fsp3) is 0.600. The third-order valence-electron chi connectivity index (χ3n) is 3.07. The van der Waals surface area contributed by atoms with Crippen LogP contribution >= 0.6 is 0 Å². The summed E-state index contributed by atoms with van der Waals surface area (Å²) in [5, 5.41) is 6.11. The van der Waals surface area contributed by atoms with Gasteiger partial charge in [0, 0.05) is 25.3 Å². The summed E-state index contributed by atoms with van der Waals surface area (Å²) in [6.45, 7) is 11.9. The van der Waals surface area contributed by atoms with Crippen molar-refractivity contribution in [1.29, 1.82) is 0 Å². The fourth-order valence-corrected chi connectivity index (χ4v) is 1.88. The van der Waals surface area contributed by atoms with E-state index in [2.05, 4.69) is 48.2 Å². The Kier molecular flexibility index (Phi) is 7.01. The molecule has 5 nitrogen and oxygen atoms in total. The standard InChI is InChI=1S/C15H26N4O/c1-5-19(6-2)10-9-16-15(20)13-7-8-14(17-11-13)18-12(3)4/h7-8,11-12H,5-6,9-10H2,1-4H3,(H,16,20)(H,17,18). The predicted octanol–water partition coefficient (Wildman–Crippen LogP) is 1.97. The molecule has 0 bridgehead atoms. The molecule has 1 rings (SSSR count). The van der Waals surface area contributed by atoms with Gasteiger partial charge in [-0.15, -0.1) is 0 Å². The van der Waals surface area contributed by atoms with E-state index >= 15 is 0 Å². The zero-order chi connectivity index (χ0) is 15.0. The normalized spacial score (nSPS) is 10.9. The number of pyridine rings is 1. The Morgan fingerprint density at radius 1 is 1.30 bits per heavy atom. The van der Waals surface area contributed by atoms with Crippen LogP contribution in [0.4, 0.5) is 5.82 Å². The molecule has 0 saturated carbocycles. The van der Waals surface area contributed by atoms with Crippen LogP contribution in [0.15, 0.2) is 18.3 Å². The highest BCUT2D eigenvalue weighted by Gasteiger charge is 2.07. The minimum Gasteiger partial charge on any atom is -0.368 e. The molecule has 0 saturated heterocycles. The van der Waals surface area contributed by atoms with Gasteiger partial charge in [0.2, 0.25) is 0 Å². The number of aromatic nitrogens is 1. The molecule has 0 atom stereocenters. The lowest BCUT2D eigenvalue weighted by molar-refractivity contribution is 0.0948. The van der Waals surface area contributed by atoms with Crippen molar-refractivity contribution in [3.05, 3.63) is 23.9 Å². The van der Waals surface area contributed by atoms with E-state index in [9.17, 15) is 4.79 Å². The Hall–Kier alpha value is -1.62. The highest BCUT2D eigenvalue weighted by atomic mass is 16.1. The first-order valence-electron chi connectivity index (χ1n) is 7.30. The summed E-state index contributed by atoms with van der Waals surface area (Å²) in [4.78, 5) is 18.5. The van der Waals surface area contributed by atoms with Crippen LogP contribution in [0.5, 0.6) is 0 Å². The largest absolute Gasteiger partial charge is 0.368 e. The van der Waals surface area contributed by atoms with Gasteiger partial charge in [-0.25, -0.2) is 4.98 Å². The maximum Gasteiger partial charge on any atom is 0.252 e. The number of rotatable bonds is 8.